The van der Waals surface area contributed by atoms with Crippen molar-refractivity contribution in [3.8, 4) is 0 Å². The van der Waals surface area contributed by atoms with E-state index in [0.717, 1.165) is 13.0 Å². The zero-order valence-electron chi connectivity index (χ0n) is 13.1. The Morgan fingerprint density at radius 1 is 1.10 bits per heavy atom. The van der Waals surface area contributed by atoms with Gasteiger partial charge in [0.2, 0.25) is 0 Å². The van der Waals surface area contributed by atoms with E-state index < -0.39 is 5.51 Å². The summed E-state index contributed by atoms with van der Waals surface area (Å²) in [5.41, 5.74) is -4.08. The van der Waals surface area contributed by atoms with Gasteiger partial charge < -0.3 is 5.32 Å². The molecule has 3 unspecified atom stereocenters. The zero-order chi connectivity index (χ0) is 15.5. The van der Waals surface area contributed by atoms with E-state index in [1.165, 1.54) is 25.7 Å². The standard InChI is InChI=1S/C16H28F3NS/c1-11(2)12-3-4-14(10-20-15-5-6-15)13(9-12)7-8-21-16(17,18)19/h11-15,20H,3-10H2,1-2H3. The van der Waals surface area contributed by atoms with E-state index in [0.29, 0.717) is 36.1 Å². The molecule has 2 rings (SSSR count). The molecule has 5 heteroatoms. The summed E-state index contributed by atoms with van der Waals surface area (Å²) in [6.07, 6.45) is 6.81. The molecule has 0 amide bonds. The fourth-order valence-corrected chi connectivity index (χ4v) is 4.17. The molecule has 0 bridgehead atoms. The van der Waals surface area contributed by atoms with Crippen LogP contribution >= 0.6 is 11.8 Å². The van der Waals surface area contributed by atoms with Crippen LogP contribution in [-0.2, 0) is 0 Å². The van der Waals surface area contributed by atoms with Gasteiger partial charge in [-0.2, -0.15) is 13.2 Å². The van der Waals surface area contributed by atoms with E-state index in [2.05, 4.69) is 19.2 Å². The van der Waals surface area contributed by atoms with Gasteiger partial charge in [0, 0.05) is 11.8 Å². The first-order valence-corrected chi connectivity index (χ1v) is 9.27. The van der Waals surface area contributed by atoms with Gasteiger partial charge in [-0.1, -0.05) is 25.6 Å². The molecule has 0 aromatic carbocycles. The fraction of sp³-hybridized carbons (Fsp3) is 1.00. The van der Waals surface area contributed by atoms with Gasteiger partial charge in [0.1, 0.15) is 0 Å². The molecule has 124 valence electrons. The molecule has 0 radical (unpaired) electrons. The summed E-state index contributed by atoms with van der Waals surface area (Å²) in [6, 6.07) is 0.693. The number of thioether (sulfide) groups is 1. The van der Waals surface area contributed by atoms with Gasteiger partial charge in [0.05, 0.1) is 0 Å². The molecule has 0 spiro atoms. The molecule has 0 aromatic heterocycles. The molecular formula is C16H28F3NS. The lowest BCUT2D eigenvalue weighted by Crippen LogP contribution is -2.35. The number of hydrogen-bond acceptors (Lipinski definition) is 2. The molecule has 0 saturated heterocycles. The van der Waals surface area contributed by atoms with E-state index in [4.69, 9.17) is 0 Å². The predicted octanol–water partition coefficient (Wildman–Crippen LogP) is 5.07. The molecule has 21 heavy (non-hydrogen) atoms. The Bertz CT molecular complexity index is 315. The van der Waals surface area contributed by atoms with Gasteiger partial charge in [-0.15, -0.1) is 0 Å². The van der Waals surface area contributed by atoms with Crippen molar-refractivity contribution in [2.45, 2.75) is 63.9 Å². The average molecular weight is 323 g/mol. The molecule has 2 aliphatic carbocycles. The van der Waals surface area contributed by atoms with Crippen LogP contribution in [0.2, 0.25) is 0 Å². The normalized spacial score (nSPS) is 30.9. The first-order valence-electron chi connectivity index (χ1n) is 8.29. The lowest BCUT2D eigenvalue weighted by Gasteiger charge is -2.38. The van der Waals surface area contributed by atoms with Crippen LogP contribution in [0, 0.1) is 23.7 Å². The van der Waals surface area contributed by atoms with Crippen molar-refractivity contribution < 1.29 is 13.2 Å². The number of alkyl halides is 3. The molecule has 0 aromatic rings. The van der Waals surface area contributed by atoms with Gasteiger partial charge in [-0.3, -0.25) is 0 Å². The van der Waals surface area contributed by atoms with Crippen LogP contribution in [0.3, 0.4) is 0 Å². The maximum absolute atomic E-state index is 12.3. The quantitative estimate of drug-likeness (QED) is 0.702. The van der Waals surface area contributed by atoms with Crippen molar-refractivity contribution in [1.82, 2.24) is 5.32 Å². The van der Waals surface area contributed by atoms with E-state index in [1.54, 1.807) is 0 Å². The molecule has 1 N–H and O–H groups in total. The highest BCUT2D eigenvalue weighted by atomic mass is 32.2. The summed E-state index contributed by atoms with van der Waals surface area (Å²) < 4.78 is 37.0. The summed E-state index contributed by atoms with van der Waals surface area (Å²) in [5.74, 6) is 2.61. The number of hydrogen-bond donors (Lipinski definition) is 1. The SMILES string of the molecule is CC(C)C1CCC(CNC2CC2)C(CCSC(F)(F)F)C1. The summed E-state index contributed by atoms with van der Waals surface area (Å²) >= 11 is 0.155. The second-order valence-corrected chi connectivity index (χ2v) is 8.26. The van der Waals surface area contributed by atoms with Gasteiger partial charge >= 0.3 is 5.51 Å². The third-order valence-electron chi connectivity index (χ3n) is 5.12. The average Bonchev–Trinajstić information content (AvgIpc) is 3.19. The van der Waals surface area contributed by atoms with Crippen LogP contribution in [-0.4, -0.2) is 23.8 Å². The largest absolute Gasteiger partial charge is 0.441 e. The van der Waals surface area contributed by atoms with Gasteiger partial charge in [-0.25, -0.2) is 0 Å². The Balaban J connectivity index is 1.81. The van der Waals surface area contributed by atoms with E-state index in [1.807, 2.05) is 0 Å². The van der Waals surface area contributed by atoms with Crippen molar-refractivity contribution in [3.63, 3.8) is 0 Å². The maximum Gasteiger partial charge on any atom is 0.441 e. The molecule has 2 fully saturated rings. The first-order chi connectivity index (χ1) is 9.85. The monoisotopic (exact) mass is 323 g/mol. The smallest absolute Gasteiger partial charge is 0.314 e. The van der Waals surface area contributed by atoms with Crippen molar-refractivity contribution in [1.29, 1.82) is 0 Å². The van der Waals surface area contributed by atoms with Crippen LogP contribution in [0.25, 0.3) is 0 Å². The second-order valence-electron chi connectivity index (χ2n) is 7.10. The minimum atomic E-state index is -4.08. The summed E-state index contributed by atoms with van der Waals surface area (Å²) in [4.78, 5) is 0. The highest BCUT2D eigenvalue weighted by Crippen LogP contribution is 2.41. The van der Waals surface area contributed by atoms with Gasteiger partial charge in [0.25, 0.3) is 0 Å². The van der Waals surface area contributed by atoms with E-state index in [9.17, 15) is 13.2 Å². The Labute approximate surface area is 130 Å². The van der Waals surface area contributed by atoms with Crippen LogP contribution < -0.4 is 5.32 Å². The lowest BCUT2D eigenvalue weighted by atomic mass is 9.69. The third-order valence-corrected chi connectivity index (χ3v) is 5.89. The zero-order valence-corrected chi connectivity index (χ0v) is 13.9. The Kier molecular flexibility index (Phi) is 6.30. The van der Waals surface area contributed by atoms with Crippen molar-refractivity contribution >= 4 is 11.8 Å². The van der Waals surface area contributed by atoms with Crippen LogP contribution in [0.5, 0.6) is 0 Å². The molecule has 0 heterocycles. The minimum absolute atomic E-state index is 0.155. The van der Waals surface area contributed by atoms with Crippen molar-refractivity contribution in [3.05, 3.63) is 0 Å². The van der Waals surface area contributed by atoms with Crippen LogP contribution in [0.15, 0.2) is 0 Å². The summed E-state index contributed by atoms with van der Waals surface area (Å²) in [6.45, 7) is 5.50. The van der Waals surface area contributed by atoms with Gasteiger partial charge in [0.15, 0.2) is 0 Å². The van der Waals surface area contributed by atoms with Crippen LogP contribution in [0.4, 0.5) is 13.2 Å². The molecule has 1 nitrogen and oxygen atoms in total. The Morgan fingerprint density at radius 3 is 2.38 bits per heavy atom. The predicted molar refractivity (Wildman–Crippen MR) is 83.3 cm³/mol. The second kappa shape index (κ2) is 7.58. The van der Waals surface area contributed by atoms with Crippen LogP contribution in [0.1, 0.15) is 52.4 Å². The van der Waals surface area contributed by atoms with E-state index >= 15 is 0 Å². The number of halogens is 3. The molecular weight excluding hydrogens is 295 g/mol. The third kappa shape index (κ3) is 6.39. The highest BCUT2D eigenvalue weighted by molar-refractivity contribution is 8.00. The minimum Gasteiger partial charge on any atom is -0.314 e. The summed E-state index contributed by atoms with van der Waals surface area (Å²) in [7, 11) is 0. The number of nitrogens with one attached hydrogen (secondary N) is 1. The first kappa shape index (κ1) is 17.5. The lowest BCUT2D eigenvalue weighted by molar-refractivity contribution is -0.0329. The summed E-state index contributed by atoms with van der Waals surface area (Å²) in [5, 5.41) is 3.58. The Morgan fingerprint density at radius 2 is 1.81 bits per heavy atom. The topological polar surface area (TPSA) is 12.0 Å². The van der Waals surface area contributed by atoms with Crippen molar-refractivity contribution in [2.24, 2.45) is 23.7 Å². The maximum atomic E-state index is 12.3. The van der Waals surface area contributed by atoms with Gasteiger partial charge in [-0.05, 0) is 68.7 Å². The molecule has 2 aliphatic rings. The van der Waals surface area contributed by atoms with Crippen molar-refractivity contribution in [2.75, 3.05) is 12.3 Å². The number of rotatable bonds is 7. The molecule has 3 atom stereocenters. The fourth-order valence-electron chi connectivity index (χ4n) is 3.52. The molecule has 0 aliphatic heterocycles. The molecule has 2 saturated carbocycles. The highest BCUT2D eigenvalue weighted by Gasteiger charge is 2.34. The van der Waals surface area contributed by atoms with E-state index in [-0.39, 0.29) is 17.5 Å². The Hall–Kier alpha value is 0.100.